The van der Waals surface area contributed by atoms with Gasteiger partial charge in [0.25, 0.3) is 0 Å². The fraction of sp³-hybridized carbons (Fsp3) is 0.286. The average Bonchev–Trinajstić information content (AvgIpc) is 2.45. The van der Waals surface area contributed by atoms with Gasteiger partial charge in [-0.25, -0.2) is 4.79 Å². The number of carboxylic acid groups (broad SMARTS) is 1. The predicted molar refractivity (Wildman–Crippen MR) is 81.3 cm³/mol. The molecule has 4 nitrogen and oxygen atoms in total. The molecule has 0 atom stereocenters. The van der Waals surface area contributed by atoms with Crippen LogP contribution in [0.25, 0.3) is 6.08 Å². The molecule has 0 aromatic heterocycles. The van der Waals surface area contributed by atoms with E-state index in [1.807, 2.05) is 17.0 Å². The van der Waals surface area contributed by atoms with Crippen molar-refractivity contribution in [3.8, 4) is 6.07 Å². The van der Waals surface area contributed by atoms with Crippen molar-refractivity contribution >= 4 is 40.9 Å². The Morgan fingerprint density at radius 3 is 2.20 bits per heavy atom. The summed E-state index contributed by atoms with van der Waals surface area (Å²) in [5, 5.41) is 17.5. The highest BCUT2D eigenvalue weighted by Gasteiger charge is 2.07. The molecule has 0 unspecified atom stereocenters. The van der Waals surface area contributed by atoms with Crippen molar-refractivity contribution in [3.05, 3.63) is 35.4 Å². The van der Waals surface area contributed by atoms with Gasteiger partial charge in [0.2, 0.25) is 0 Å². The molecule has 1 aromatic rings. The molecule has 0 heterocycles. The number of benzene rings is 1. The van der Waals surface area contributed by atoms with Crippen LogP contribution in [0.4, 0.5) is 5.69 Å². The largest absolute Gasteiger partial charge is 0.477 e. The molecule has 0 bridgehead atoms. The zero-order valence-electron chi connectivity index (χ0n) is 10.7. The first-order valence-electron chi connectivity index (χ1n) is 5.94. The molecule has 0 radical (unpaired) electrons. The first-order valence-corrected chi connectivity index (χ1v) is 7.01. The second-order valence-electron chi connectivity index (χ2n) is 3.93. The summed E-state index contributed by atoms with van der Waals surface area (Å²) in [6.45, 7) is 1.37. The van der Waals surface area contributed by atoms with E-state index in [1.165, 1.54) is 6.08 Å². The van der Waals surface area contributed by atoms with Crippen molar-refractivity contribution in [1.82, 2.24) is 0 Å². The van der Waals surface area contributed by atoms with Gasteiger partial charge in [-0.3, -0.25) is 0 Å². The molecule has 0 amide bonds. The van der Waals surface area contributed by atoms with Crippen LogP contribution in [0.3, 0.4) is 0 Å². The fourth-order valence-corrected chi connectivity index (χ4v) is 2.07. The summed E-state index contributed by atoms with van der Waals surface area (Å²) in [6, 6.07) is 8.85. The molecule has 1 aromatic carbocycles. The molecule has 1 rings (SSSR count). The van der Waals surface area contributed by atoms with E-state index in [4.69, 9.17) is 33.6 Å². The maximum atomic E-state index is 10.8. The molecule has 0 fully saturated rings. The molecule has 0 aliphatic rings. The van der Waals surface area contributed by atoms with Gasteiger partial charge in [0.1, 0.15) is 11.6 Å². The zero-order valence-corrected chi connectivity index (χ0v) is 12.2. The van der Waals surface area contributed by atoms with Crippen molar-refractivity contribution in [1.29, 1.82) is 5.26 Å². The van der Waals surface area contributed by atoms with Crippen molar-refractivity contribution in [3.63, 3.8) is 0 Å². The van der Waals surface area contributed by atoms with Crippen LogP contribution in [-0.2, 0) is 4.79 Å². The highest BCUT2D eigenvalue weighted by Crippen LogP contribution is 2.17. The second-order valence-corrected chi connectivity index (χ2v) is 4.69. The average molecular weight is 313 g/mol. The summed E-state index contributed by atoms with van der Waals surface area (Å²) in [6.07, 6.45) is 1.33. The Balaban J connectivity index is 2.93. The molecule has 0 aliphatic heterocycles. The van der Waals surface area contributed by atoms with E-state index >= 15 is 0 Å². The van der Waals surface area contributed by atoms with Crippen LogP contribution < -0.4 is 4.90 Å². The normalized spacial score (nSPS) is 10.9. The number of rotatable bonds is 7. The molecule has 0 saturated carbocycles. The number of hydrogen-bond donors (Lipinski definition) is 1. The minimum Gasteiger partial charge on any atom is -0.477 e. The van der Waals surface area contributed by atoms with Gasteiger partial charge < -0.3 is 10.0 Å². The summed E-state index contributed by atoms with van der Waals surface area (Å²) in [5.74, 6) is -0.241. The molecule has 106 valence electrons. The Morgan fingerprint density at radius 2 is 1.80 bits per heavy atom. The molecule has 6 heteroatoms. The molecular formula is C14H14Cl2N2O2. The lowest BCUT2D eigenvalue weighted by Gasteiger charge is -2.22. The SMILES string of the molecule is N#C/C(=C/c1ccc(N(CCCl)CCCl)cc1)C(=O)O. The number of nitriles is 1. The van der Waals surface area contributed by atoms with Crippen LogP contribution in [-0.4, -0.2) is 35.9 Å². The van der Waals surface area contributed by atoms with Gasteiger partial charge in [-0.2, -0.15) is 5.26 Å². The Hall–Kier alpha value is -1.70. The minimum absolute atomic E-state index is 0.295. The van der Waals surface area contributed by atoms with Crippen LogP contribution in [0.5, 0.6) is 0 Å². The molecule has 0 spiro atoms. The van der Waals surface area contributed by atoms with Crippen LogP contribution in [0.2, 0.25) is 0 Å². The van der Waals surface area contributed by atoms with E-state index in [9.17, 15) is 4.79 Å². The monoisotopic (exact) mass is 312 g/mol. The summed E-state index contributed by atoms with van der Waals surface area (Å²) < 4.78 is 0. The lowest BCUT2D eigenvalue weighted by molar-refractivity contribution is -0.132. The van der Waals surface area contributed by atoms with Gasteiger partial charge in [-0.1, -0.05) is 12.1 Å². The van der Waals surface area contributed by atoms with Gasteiger partial charge >= 0.3 is 5.97 Å². The van der Waals surface area contributed by atoms with E-state index < -0.39 is 5.97 Å². The third-order valence-electron chi connectivity index (χ3n) is 2.63. The van der Waals surface area contributed by atoms with Crippen molar-refractivity contribution in [2.45, 2.75) is 0 Å². The predicted octanol–water partition coefficient (Wildman–Crippen LogP) is 2.96. The van der Waals surface area contributed by atoms with Crippen molar-refractivity contribution in [2.24, 2.45) is 0 Å². The van der Waals surface area contributed by atoms with Crippen LogP contribution >= 0.6 is 23.2 Å². The van der Waals surface area contributed by atoms with Crippen molar-refractivity contribution < 1.29 is 9.90 Å². The van der Waals surface area contributed by atoms with Gasteiger partial charge in [0, 0.05) is 30.5 Å². The number of carbonyl (C=O) groups is 1. The van der Waals surface area contributed by atoms with Crippen molar-refractivity contribution in [2.75, 3.05) is 29.7 Å². The maximum Gasteiger partial charge on any atom is 0.346 e. The standard InChI is InChI=1S/C14H14Cl2N2O2/c15-5-7-18(8-6-16)13-3-1-11(2-4-13)9-12(10-17)14(19)20/h1-4,9H,5-8H2,(H,19,20)/b12-9-. The molecule has 0 aliphatic carbocycles. The Kier molecular flexibility index (Phi) is 6.92. The summed E-state index contributed by atoms with van der Waals surface area (Å²) >= 11 is 11.5. The second kappa shape index (κ2) is 8.47. The lowest BCUT2D eigenvalue weighted by atomic mass is 10.1. The zero-order chi connectivity index (χ0) is 15.0. The van der Waals surface area contributed by atoms with Crippen LogP contribution in [0, 0.1) is 11.3 Å². The molecular weight excluding hydrogens is 299 g/mol. The lowest BCUT2D eigenvalue weighted by Crippen LogP contribution is -2.27. The fourth-order valence-electron chi connectivity index (χ4n) is 1.66. The first-order chi connectivity index (χ1) is 9.62. The number of hydrogen-bond acceptors (Lipinski definition) is 3. The van der Waals surface area contributed by atoms with E-state index in [0.29, 0.717) is 30.4 Å². The topological polar surface area (TPSA) is 64.3 Å². The number of aliphatic carboxylic acids is 1. The summed E-state index contributed by atoms with van der Waals surface area (Å²) in [5.41, 5.74) is 1.32. The number of halogens is 2. The molecule has 0 saturated heterocycles. The van der Waals surface area contributed by atoms with Gasteiger partial charge in [-0.05, 0) is 23.8 Å². The van der Waals surface area contributed by atoms with E-state index in [1.54, 1.807) is 18.2 Å². The molecule has 20 heavy (non-hydrogen) atoms. The smallest absolute Gasteiger partial charge is 0.346 e. The molecule has 1 N–H and O–H groups in total. The Bertz CT molecular complexity index is 515. The van der Waals surface area contributed by atoms with Crippen LogP contribution in [0.15, 0.2) is 29.8 Å². The quantitative estimate of drug-likeness (QED) is 0.477. The number of alkyl halides is 2. The highest BCUT2D eigenvalue weighted by molar-refractivity contribution is 6.18. The number of carboxylic acids is 1. The van der Waals surface area contributed by atoms with E-state index in [-0.39, 0.29) is 5.57 Å². The van der Waals surface area contributed by atoms with Gasteiger partial charge in [-0.15, -0.1) is 23.2 Å². The number of nitrogens with zero attached hydrogens (tertiary/aromatic N) is 2. The number of anilines is 1. The Labute approximate surface area is 127 Å². The highest BCUT2D eigenvalue weighted by atomic mass is 35.5. The Morgan fingerprint density at radius 1 is 1.25 bits per heavy atom. The van der Waals surface area contributed by atoms with Gasteiger partial charge in [0.15, 0.2) is 0 Å². The third kappa shape index (κ3) is 4.76. The maximum absolute atomic E-state index is 10.8. The van der Waals surface area contributed by atoms with Gasteiger partial charge in [0.05, 0.1) is 0 Å². The van der Waals surface area contributed by atoms with Crippen LogP contribution in [0.1, 0.15) is 5.56 Å². The van der Waals surface area contributed by atoms with E-state index in [0.717, 1.165) is 5.69 Å². The van der Waals surface area contributed by atoms with E-state index in [2.05, 4.69) is 0 Å². The summed E-state index contributed by atoms with van der Waals surface area (Å²) in [7, 11) is 0. The minimum atomic E-state index is -1.23. The first kappa shape index (κ1) is 16.4. The summed E-state index contributed by atoms with van der Waals surface area (Å²) in [4.78, 5) is 12.8. The third-order valence-corrected chi connectivity index (χ3v) is 2.97.